The minimum Gasteiger partial charge on any atom is -0.481 e. The van der Waals surface area contributed by atoms with E-state index in [1.165, 1.54) is 0 Å². The smallest absolute Gasteiger partial charge is 0.310 e. The van der Waals surface area contributed by atoms with Gasteiger partial charge in [-0.15, -0.1) is 0 Å². The number of fused-ring (bicyclic) bond motifs is 7. The number of hydrogen-bond acceptors (Lipinski definition) is 5. The highest BCUT2D eigenvalue weighted by atomic mass is 16.4. The summed E-state index contributed by atoms with van der Waals surface area (Å²) in [7, 11) is 0. The van der Waals surface area contributed by atoms with Crippen molar-refractivity contribution < 1.29 is 30.3 Å². The van der Waals surface area contributed by atoms with Crippen LogP contribution in [0.3, 0.4) is 0 Å². The number of allylic oxidation sites excluding steroid dienone is 1. The van der Waals surface area contributed by atoms with E-state index in [9.17, 15) is 30.3 Å². The Morgan fingerprint density at radius 2 is 1.69 bits per heavy atom. The Bertz CT molecular complexity index is 970. The first-order valence-electron chi connectivity index (χ1n) is 14.2. The molecule has 0 aliphatic heterocycles. The molecule has 5 rings (SSSR count). The fourth-order valence-corrected chi connectivity index (χ4v) is 11.0. The van der Waals surface area contributed by atoms with E-state index in [-0.39, 0.29) is 29.8 Å². The van der Waals surface area contributed by atoms with Gasteiger partial charge in [-0.05, 0) is 86.4 Å². The molecule has 0 bridgehead atoms. The zero-order valence-corrected chi connectivity index (χ0v) is 23.0. The highest BCUT2D eigenvalue weighted by Gasteiger charge is 2.73. The lowest BCUT2D eigenvalue weighted by atomic mass is 9.32. The molecular formula is C30H48O6. The summed E-state index contributed by atoms with van der Waals surface area (Å²) in [5.74, 6) is -1.38. The molecule has 0 amide bonds. The average Bonchev–Trinajstić information content (AvgIpc) is 2.78. The zero-order chi connectivity index (χ0) is 26.7. The second kappa shape index (κ2) is 7.80. The summed E-state index contributed by atoms with van der Waals surface area (Å²) in [4.78, 5) is 12.9. The van der Waals surface area contributed by atoms with Gasteiger partial charge in [0, 0.05) is 23.9 Å². The Balaban J connectivity index is 1.69. The molecule has 6 nitrogen and oxygen atoms in total. The number of hydrogen-bond donors (Lipinski definition) is 5. The van der Waals surface area contributed by atoms with E-state index in [0.29, 0.717) is 51.4 Å². The topological polar surface area (TPSA) is 118 Å². The third kappa shape index (κ3) is 2.91. The fraction of sp³-hybridized carbons (Fsp3) is 0.900. The minimum absolute atomic E-state index is 0.00510. The number of carbonyl (C=O) groups is 1. The van der Waals surface area contributed by atoms with Crippen LogP contribution in [0.2, 0.25) is 0 Å². The van der Waals surface area contributed by atoms with Crippen LogP contribution in [0.15, 0.2) is 11.6 Å². The molecule has 36 heavy (non-hydrogen) atoms. The molecule has 204 valence electrons. The van der Waals surface area contributed by atoms with E-state index in [2.05, 4.69) is 19.9 Å². The van der Waals surface area contributed by atoms with E-state index in [1.54, 1.807) is 0 Å². The van der Waals surface area contributed by atoms with E-state index >= 15 is 0 Å². The summed E-state index contributed by atoms with van der Waals surface area (Å²) >= 11 is 0. The predicted molar refractivity (Wildman–Crippen MR) is 137 cm³/mol. The van der Waals surface area contributed by atoms with Crippen LogP contribution in [0, 0.1) is 50.7 Å². The molecular weight excluding hydrogens is 456 g/mol. The summed E-state index contributed by atoms with van der Waals surface area (Å²) < 4.78 is 0. The molecule has 4 fully saturated rings. The maximum absolute atomic E-state index is 12.9. The van der Waals surface area contributed by atoms with E-state index < -0.39 is 51.4 Å². The molecule has 5 N–H and O–H groups in total. The maximum atomic E-state index is 12.9. The van der Waals surface area contributed by atoms with E-state index in [1.807, 2.05) is 27.7 Å². The Morgan fingerprint density at radius 1 is 1.03 bits per heavy atom. The molecule has 11 atom stereocenters. The van der Waals surface area contributed by atoms with Gasteiger partial charge in [0.1, 0.15) is 0 Å². The van der Waals surface area contributed by atoms with Crippen molar-refractivity contribution in [3.05, 3.63) is 11.6 Å². The molecule has 6 heteroatoms. The lowest BCUT2D eigenvalue weighted by Crippen LogP contribution is -2.71. The van der Waals surface area contributed by atoms with Crippen molar-refractivity contribution in [2.75, 3.05) is 6.61 Å². The molecule has 0 heterocycles. The lowest BCUT2D eigenvalue weighted by molar-refractivity contribution is -0.261. The third-order valence-electron chi connectivity index (χ3n) is 13.4. The number of aliphatic carboxylic acids is 1. The number of rotatable bonds is 2. The fourth-order valence-electron chi connectivity index (χ4n) is 11.0. The Kier molecular flexibility index (Phi) is 5.77. The SMILES string of the molecule is CC1CCC2(C(=O)O)CCC3(C)C(=CCC4C5(CO)CCC(O)C(C)(C)C5C(O)CC43C)C2C1(C)O. The maximum Gasteiger partial charge on any atom is 0.310 e. The van der Waals surface area contributed by atoms with Crippen LogP contribution in [0.25, 0.3) is 0 Å². The normalized spacial score (nSPS) is 55.9. The summed E-state index contributed by atoms with van der Waals surface area (Å²) in [5, 5.41) is 56.2. The van der Waals surface area contributed by atoms with Gasteiger partial charge < -0.3 is 25.5 Å². The molecule has 5 aliphatic carbocycles. The van der Waals surface area contributed by atoms with Crippen molar-refractivity contribution in [1.29, 1.82) is 0 Å². The van der Waals surface area contributed by atoms with Crippen LogP contribution in [0.4, 0.5) is 0 Å². The molecule has 4 saturated carbocycles. The first kappa shape index (κ1) is 26.6. The van der Waals surface area contributed by atoms with Crippen molar-refractivity contribution in [3.8, 4) is 0 Å². The average molecular weight is 505 g/mol. The second-order valence-electron chi connectivity index (χ2n) is 14.8. The molecule has 0 aromatic heterocycles. The largest absolute Gasteiger partial charge is 0.481 e. The summed E-state index contributed by atoms with van der Waals surface area (Å²) in [6.07, 6.45) is 6.08. The Labute approximate surface area is 216 Å². The second-order valence-corrected chi connectivity index (χ2v) is 14.8. The van der Waals surface area contributed by atoms with Gasteiger partial charge in [-0.3, -0.25) is 4.79 Å². The molecule has 0 saturated heterocycles. The quantitative estimate of drug-likeness (QED) is 0.361. The molecule has 11 unspecified atom stereocenters. The minimum atomic E-state index is -1.13. The molecule has 0 aromatic carbocycles. The number of aliphatic hydroxyl groups is 4. The van der Waals surface area contributed by atoms with Gasteiger partial charge in [0.05, 0.1) is 23.2 Å². The van der Waals surface area contributed by atoms with Crippen molar-refractivity contribution in [2.24, 2.45) is 50.7 Å². The van der Waals surface area contributed by atoms with Gasteiger partial charge in [-0.25, -0.2) is 0 Å². The van der Waals surface area contributed by atoms with Gasteiger partial charge in [-0.2, -0.15) is 0 Å². The summed E-state index contributed by atoms with van der Waals surface area (Å²) in [6.45, 7) is 12.4. The van der Waals surface area contributed by atoms with Crippen molar-refractivity contribution in [1.82, 2.24) is 0 Å². The highest BCUT2D eigenvalue weighted by molar-refractivity contribution is 5.77. The highest BCUT2D eigenvalue weighted by Crippen LogP contribution is 2.76. The summed E-state index contributed by atoms with van der Waals surface area (Å²) in [5.41, 5.74) is -2.81. The predicted octanol–water partition coefficient (Wildman–Crippen LogP) is 4.15. The Hall–Kier alpha value is -0.950. The van der Waals surface area contributed by atoms with Crippen LogP contribution in [-0.2, 0) is 4.79 Å². The van der Waals surface area contributed by atoms with E-state index in [0.717, 1.165) is 5.57 Å². The number of carboxylic acids is 1. The van der Waals surface area contributed by atoms with Crippen LogP contribution in [0.1, 0.15) is 92.9 Å². The van der Waals surface area contributed by atoms with E-state index in [4.69, 9.17) is 0 Å². The first-order chi connectivity index (χ1) is 16.6. The van der Waals surface area contributed by atoms with Crippen molar-refractivity contribution in [3.63, 3.8) is 0 Å². The van der Waals surface area contributed by atoms with Gasteiger partial charge >= 0.3 is 5.97 Å². The van der Waals surface area contributed by atoms with Crippen molar-refractivity contribution >= 4 is 5.97 Å². The lowest BCUT2D eigenvalue weighted by Gasteiger charge is -2.72. The molecule has 5 aliphatic rings. The van der Waals surface area contributed by atoms with Crippen molar-refractivity contribution in [2.45, 2.75) is 111 Å². The van der Waals surface area contributed by atoms with Gasteiger partial charge in [-0.1, -0.05) is 46.3 Å². The van der Waals surface area contributed by atoms with Gasteiger partial charge in [0.15, 0.2) is 0 Å². The zero-order valence-electron chi connectivity index (χ0n) is 23.0. The summed E-state index contributed by atoms with van der Waals surface area (Å²) in [6, 6.07) is 0. The van der Waals surface area contributed by atoms with Crippen LogP contribution in [-0.4, -0.2) is 55.9 Å². The van der Waals surface area contributed by atoms with Crippen LogP contribution < -0.4 is 0 Å². The van der Waals surface area contributed by atoms with Crippen LogP contribution >= 0.6 is 0 Å². The van der Waals surface area contributed by atoms with Gasteiger partial charge in [0.25, 0.3) is 0 Å². The molecule has 0 radical (unpaired) electrons. The van der Waals surface area contributed by atoms with Gasteiger partial charge in [0.2, 0.25) is 0 Å². The standard InChI is InChI=1S/C30H48O6/c1-17-9-11-29(24(34)35)14-13-26(4)18(22(29)28(17,6)36)7-8-20-27(26,5)15-19(32)23-25(2,3)21(33)10-12-30(20,23)16-31/h7,17,19-23,31-33,36H,8-16H2,1-6H3,(H,34,35). The monoisotopic (exact) mass is 504 g/mol. The molecule has 0 spiro atoms. The molecule has 0 aromatic rings. The number of aliphatic hydroxyl groups excluding tert-OH is 3. The Morgan fingerprint density at radius 3 is 2.31 bits per heavy atom. The first-order valence-corrected chi connectivity index (χ1v) is 14.2. The third-order valence-corrected chi connectivity index (χ3v) is 13.4. The number of carboxylic acid groups (broad SMARTS) is 1. The van der Waals surface area contributed by atoms with Crippen LogP contribution in [0.5, 0.6) is 0 Å².